The second-order valence-corrected chi connectivity index (χ2v) is 7.36. The van der Waals surface area contributed by atoms with Crippen LogP contribution in [-0.4, -0.2) is 67.0 Å². The zero-order chi connectivity index (χ0) is 20.0. The summed E-state index contributed by atoms with van der Waals surface area (Å²) in [4.78, 5) is 18.8. The molecule has 1 aliphatic carbocycles. The van der Waals surface area contributed by atoms with Crippen LogP contribution in [0.3, 0.4) is 0 Å². The number of ether oxygens (including phenoxy) is 2. The molecule has 156 valence electrons. The number of morpholine rings is 1. The van der Waals surface area contributed by atoms with Gasteiger partial charge in [-0.15, -0.1) is 0 Å². The molecule has 0 unspecified atom stereocenters. The number of alkyl halides is 3. The number of carbonyl (C=O) groups is 1. The lowest BCUT2D eigenvalue weighted by molar-refractivity contribution is -0.154. The lowest BCUT2D eigenvalue weighted by Gasteiger charge is -2.48. The molecule has 0 radical (unpaired) electrons. The van der Waals surface area contributed by atoms with Crippen LogP contribution in [0.25, 0.3) is 0 Å². The van der Waals surface area contributed by atoms with E-state index >= 15 is 0 Å². The fraction of sp³-hybridized carbons (Fsp3) is 0.684. The second-order valence-electron chi connectivity index (χ2n) is 7.36. The Kier molecular flexibility index (Phi) is 6.77. The molecular weight excluding hydrogens is 375 g/mol. The first-order valence-corrected chi connectivity index (χ1v) is 9.65. The van der Waals surface area contributed by atoms with Gasteiger partial charge in [-0.25, -0.2) is 4.98 Å². The van der Waals surface area contributed by atoms with Gasteiger partial charge in [-0.3, -0.25) is 9.69 Å². The second kappa shape index (κ2) is 9.09. The van der Waals surface area contributed by atoms with Gasteiger partial charge in [0.2, 0.25) is 5.88 Å². The number of amides is 1. The summed E-state index contributed by atoms with van der Waals surface area (Å²) in [6.07, 6.45) is 2.38. The molecule has 1 aliphatic heterocycles. The summed E-state index contributed by atoms with van der Waals surface area (Å²) in [6, 6.07) is 2.70. The van der Waals surface area contributed by atoms with E-state index in [2.05, 4.69) is 19.9 Å². The summed E-state index contributed by atoms with van der Waals surface area (Å²) < 4.78 is 46.6. The first-order chi connectivity index (χ1) is 13.4. The van der Waals surface area contributed by atoms with Gasteiger partial charge in [-0.2, -0.15) is 13.2 Å². The topological polar surface area (TPSA) is 63.7 Å². The third-order valence-corrected chi connectivity index (χ3v) is 5.43. The number of carbonyl (C=O) groups excluding carboxylic acids is 1. The van der Waals surface area contributed by atoms with Crippen molar-refractivity contribution in [1.82, 2.24) is 15.2 Å². The minimum atomic E-state index is -4.43. The predicted octanol–water partition coefficient (Wildman–Crippen LogP) is 2.79. The quantitative estimate of drug-likeness (QED) is 0.794. The van der Waals surface area contributed by atoms with Gasteiger partial charge in [0.25, 0.3) is 5.91 Å². The average molecular weight is 401 g/mol. The Bertz CT molecular complexity index is 640. The fourth-order valence-electron chi connectivity index (χ4n) is 3.96. The van der Waals surface area contributed by atoms with Crippen LogP contribution in [0.4, 0.5) is 13.2 Å². The zero-order valence-corrected chi connectivity index (χ0v) is 15.8. The Labute approximate surface area is 162 Å². The van der Waals surface area contributed by atoms with E-state index in [0.29, 0.717) is 25.3 Å². The Morgan fingerprint density at radius 1 is 1.21 bits per heavy atom. The van der Waals surface area contributed by atoms with Crippen molar-refractivity contribution in [3.05, 3.63) is 23.9 Å². The van der Waals surface area contributed by atoms with Crippen LogP contribution in [-0.2, 0) is 4.74 Å². The minimum Gasteiger partial charge on any atom is -0.468 e. The third kappa shape index (κ3) is 5.57. The van der Waals surface area contributed by atoms with Crippen LogP contribution in [0, 0.1) is 0 Å². The fourth-order valence-corrected chi connectivity index (χ4v) is 3.96. The monoisotopic (exact) mass is 401 g/mol. The number of nitrogens with one attached hydrogen (secondary N) is 1. The highest BCUT2D eigenvalue weighted by Crippen LogP contribution is 2.34. The number of hydrogen-bond donors (Lipinski definition) is 1. The van der Waals surface area contributed by atoms with Crippen LogP contribution >= 0.6 is 0 Å². The average Bonchev–Trinajstić information content (AvgIpc) is 2.72. The van der Waals surface area contributed by atoms with Crippen molar-refractivity contribution in [2.45, 2.75) is 43.8 Å². The van der Waals surface area contributed by atoms with E-state index in [1.165, 1.54) is 24.8 Å². The molecule has 0 bridgehead atoms. The van der Waals surface area contributed by atoms with Gasteiger partial charge in [0.1, 0.15) is 0 Å². The minimum absolute atomic E-state index is 0.0547. The summed E-state index contributed by atoms with van der Waals surface area (Å²) in [5, 5.41) is 3.00. The Hall–Kier alpha value is -1.87. The number of rotatable bonds is 6. The molecule has 1 amide bonds. The lowest BCUT2D eigenvalue weighted by Crippen LogP contribution is -2.59. The largest absolute Gasteiger partial charge is 0.468 e. The molecule has 2 fully saturated rings. The van der Waals surface area contributed by atoms with Crippen LogP contribution in [0.1, 0.15) is 42.5 Å². The van der Waals surface area contributed by atoms with Crippen LogP contribution in [0.15, 0.2) is 18.3 Å². The number of nitrogens with zero attached hydrogens (tertiary/aromatic N) is 2. The summed E-state index contributed by atoms with van der Waals surface area (Å²) in [5.74, 6) is -0.445. The van der Waals surface area contributed by atoms with E-state index in [1.54, 1.807) is 0 Å². The summed E-state index contributed by atoms with van der Waals surface area (Å²) in [5.41, 5.74) is 0.244. The highest BCUT2D eigenvalue weighted by Gasteiger charge is 2.38. The van der Waals surface area contributed by atoms with E-state index in [1.807, 2.05) is 0 Å². The lowest BCUT2D eigenvalue weighted by atomic mass is 9.79. The maximum absolute atomic E-state index is 12.5. The normalized spacial score (nSPS) is 20.5. The van der Waals surface area contributed by atoms with Gasteiger partial charge < -0.3 is 14.8 Å². The van der Waals surface area contributed by atoms with Gasteiger partial charge in [0, 0.05) is 37.4 Å². The predicted molar refractivity (Wildman–Crippen MR) is 96.3 cm³/mol. The molecule has 9 heteroatoms. The summed E-state index contributed by atoms with van der Waals surface area (Å²) in [7, 11) is 0. The Balaban J connectivity index is 1.58. The highest BCUT2D eigenvalue weighted by atomic mass is 19.4. The first kappa shape index (κ1) is 20.9. The molecule has 6 nitrogen and oxygen atoms in total. The van der Waals surface area contributed by atoms with Crippen LogP contribution < -0.4 is 10.1 Å². The van der Waals surface area contributed by atoms with Crippen molar-refractivity contribution >= 4 is 5.91 Å². The molecule has 1 aromatic rings. The molecule has 1 aromatic heterocycles. The molecule has 2 aliphatic rings. The van der Waals surface area contributed by atoms with Crippen molar-refractivity contribution in [1.29, 1.82) is 0 Å². The molecule has 3 rings (SSSR count). The van der Waals surface area contributed by atoms with Gasteiger partial charge in [-0.1, -0.05) is 19.3 Å². The molecule has 1 N–H and O–H groups in total. The van der Waals surface area contributed by atoms with E-state index in [4.69, 9.17) is 4.74 Å². The van der Waals surface area contributed by atoms with Gasteiger partial charge >= 0.3 is 6.18 Å². The number of halogens is 3. The van der Waals surface area contributed by atoms with Gasteiger partial charge in [0.05, 0.1) is 18.8 Å². The zero-order valence-electron chi connectivity index (χ0n) is 15.8. The van der Waals surface area contributed by atoms with E-state index in [9.17, 15) is 18.0 Å². The van der Waals surface area contributed by atoms with Crippen molar-refractivity contribution < 1.29 is 27.4 Å². The molecule has 0 spiro atoms. The van der Waals surface area contributed by atoms with E-state index < -0.39 is 12.8 Å². The van der Waals surface area contributed by atoms with Crippen molar-refractivity contribution in [3.8, 4) is 5.88 Å². The van der Waals surface area contributed by atoms with Gasteiger partial charge in [-0.05, 0) is 18.9 Å². The van der Waals surface area contributed by atoms with E-state index in [0.717, 1.165) is 38.8 Å². The Morgan fingerprint density at radius 3 is 2.54 bits per heavy atom. The smallest absolute Gasteiger partial charge is 0.422 e. The van der Waals surface area contributed by atoms with Crippen LogP contribution in [0.5, 0.6) is 5.88 Å². The molecule has 1 saturated carbocycles. The number of hydrogen-bond acceptors (Lipinski definition) is 5. The number of pyridine rings is 1. The summed E-state index contributed by atoms with van der Waals surface area (Å²) in [6.45, 7) is 2.27. The first-order valence-electron chi connectivity index (χ1n) is 9.65. The van der Waals surface area contributed by atoms with Gasteiger partial charge in [0.15, 0.2) is 6.61 Å². The maximum Gasteiger partial charge on any atom is 0.422 e. The molecular formula is C19H26F3N3O3. The Morgan fingerprint density at radius 2 is 1.93 bits per heavy atom. The van der Waals surface area contributed by atoms with Crippen molar-refractivity contribution in [2.75, 3.05) is 39.5 Å². The third-order valence-electron chi connectivity index (χ3n) is 5.43. The van der Waals surface area contributed by atoms with Crippen molar-refractivity contribution in [2.24, 2.45) is 0 Å². The van der Waals surface area contributed by atoms with E-state index in [-0.39, 0.29) is 17.3 Å². The molecule has 0 atom stereocenters. The molecule has 2 heterocycles. The van der Waals surface area contributed by atoms with Crippen LogP contribution in [0.2, 0.25) is 0 Å². The van der Waals surface area contributed by atoms with Crippen molar-refractivity contribution in [3.63, 3.8) is 0 Å². The molecule has 1 saturated heterocycles. The SMILES string of the molecule is O=C(NCC1(N2CCOCC2)CCCCC1)c1ccc(OCC(F)(F)F)nc1. The highest BCUT2D eigenvalue weighted by molar-refractivity contribution is 5.93. The molecule has 28 heavy (non-hydrogen) atoms. The summed E-state index contributed by atoms with van der Waals surface area (Å²) >= 11 is 0. The molecule has 0 aromatic carbocycles. The maximum atomic E-state index is 12.5. The number of aromatic nitrogens is 1. The standard InChI is InChI=1S/C19H26F3N3O3/c20-19(21,22)14-28-16-5-4-15(12-23-16)17(26)24-13-18(6-2-1-3-7-18)25-8-10-27-11-9-25/h4-5,12H,1-3,6-11,13-14H2,(H,24,26).